The number of anilines is 1. The molecule has 3 aliphatic heterocycles. The van der Waals surface area contributed by atoms with E-state index in [1.54, 1.807) is 23.1 Å². The van der Waals surface area contributed by atoms with E-state index in [9.17, 15) is 9.59 Å². The number of nitrogens with zero attached hydrogens (tertiary/aromatic N) is 3. The van der Waals surface area contributed by atoms with Crippen molar-refractivity contribution in [2.45, 2.75) is 19.0 Å². The maximum atomic E-state index is 12.9. The maximum absolute atomic E-state index is 12.9. The van der Waals surface area contributed by atoms with Crippen LogP contribution in [0, 0.1) is 0 Å². The first-order valence-corrected chi connectivity index (χ1v) is 10.2. The van der Waals surface area contributed by atoms with Gasteiger partial charge in [-0.05, 0) is 24.1 Å². The zero-order valence-electron chi connectivity index (χ0n) is 16.6. The number of benzene rings is 2. The van der Waals surface area contributed by atoms with Gasteiger partial charge in [0.2, 0.25) is 6.79 Å². The van der Waals surface area contributed by atoms with E-state index in [1.807, 2.05) is 40.1 Å². The molecule has 4 amide bonds. The summed E-state index contributed by atoms with van der Waals surface area (Å²) >= 11 is 0. The van der Waals surface area contributed by atoms with Crippen molar-refractivity contribution in [3.8, 4) is 11.5 Å². The summed E-state index contributed by atoms with van der Waals surface area (Å²) in [7, 11) is 0. The summed E-state index contributed by atoms with van der Waals surface area (Å²) in [4.78, 5) is 31.1. The average Bonchev–Trinajstić information content (AvgIpc) is 3.49. The van der Waals surface area contributed by atoms with Crippen LogP contribution in [-0.4, -0.2) is 65.8 Å². The summed E-state index contributed by atoms with van der Waals surface area (Å²) in [6.07, 6.45) is 0.791. The van der Waals surface area contributed by atoms with E-state index in [4.69, 9.17) is 9.47 Å². The quantitative estimate of drug-likeness (QED) is 0.844. The number of urea groups is 2. The summed E-state index contributed by atoms with van der Waals surface area (Å²) in [5, 5.41) is 2.91. The molecule has 0 radical (unpaired) electrons. The van der Waals surface area contributed by atoms with Crippen LogP contribution in [0.5, 0.6) is 11.5 Å². The normalized spacial score (nSPS) is 20.2. The Morgan fingerprint density at radius 2 is 1.87 bits per heavy atom. The first kappa shape index (κ1) is 18.6. The van der Waals surface area contributed by atoms with Crippen LogP contribution in [0.1, 0.15) is 12.0 Å². The Bertz CT molecular complexity index is 951. The van der Waals surface area contributed by atoms with E-state index >= 15 is 0 Å². The van der Waals surface area contributed by atoms with Crippen LogP contribution in [0.4, 0.5) is 15.3 Å². The molecular formula is C22H24N4O4. The molecule has 0 bridgehead atoms. The Morgan fingerprint density at radius 1 is 1.03 bits per heavy atom. The minimum absolute atomic E-state index is 0.0563. The van der Waals surface area contributed by atoms with Crippen LogP contribution >= 0.6 is 0 Å². The molecule has 0 aliphatic carbocycles. The smallest absolute Gasteiger partial charge is 0.321 e. The second kappa shape index (κ2) is 7.78. The third kappa shape index (κ3) is 3.60. The molecule has 0 aromatic heterocycles. The van der Waals surface area contributed by atoms with Gasteiger partial charge in [-0.25, -0.2) is 9.59 Å². The Balaban J connectivity index is 1.17. The van der Waals surface area contributed by atoms with E-state index in [1.165, 1.54) is 0 Å². The van der Waals surface area contributed by atoms with Crippen molar-refractivity contribution >= 4 is 17.7 Å². The third-order valence-electron chi connectivity index (χ3n) is 5.86. The standard InChI is InChI=1S/C22H24N4O4/c27-21(23-17-6-7-19-20(12-17)30-15-29-19)24-9-8-18(14-24)26-11-10-25(22(26)28)13-16-4-2-1-3-5-16/h1-7,12,18H,8-11,13-15H2,(H,23,27)/t18-/m0/s1. The van der Waals surface area contributed by atoms with Crippen LogP contribution in [0.3, 0.4) is 0 Å². The van der Waals surface area contributed by atoms with Crippen molar-refractivity contribution in [3.05, 3.63) is 54.1 Å². The van der Waals surface area contributed by atoms with E-state index < -0.39 is 0 Å². The fraction of sp³-hybridized carbons (Fsp3) is 0.364. The lowest BCUT2D eigenvalue weighted by Gasteiger charge is -2.25. The molecule has 2 saturated heterocycles. The van der Waals surface area contributed by atoms with Crippen LogP contribution in [0.2, 0.25) is 0 Å². The molecule has 30 heavy (non-hydrogen) atoms. The summed E-state index contributed by atoms with van der Waals surface area (Å²) < 4.78 is 10.7. The molecule has 1 N–H and O–H groups in total. The van der Waals surface area contributed by atoms with Crippen molar-refractivity contribution in [3.63, 3.8) is 0 Å². The monoisotopic (exact) mass is 408 g/mol. The average molecular weight is 408 g/mol. The molecule has 8 heteroatoms. The van der Waals surface area contributed by atoms with Gasteiger partial charge in [-0.3, -0.25) is 0 Å². The largest absolute Gasteiger partial charge is 0.454 e. The number of rotatable bonds is 4. The summed E-state index contributed by atoms with van der Waals surface area (Å²) in [5.41, 5.74) is 1.79. The first-order chi connectivity index (χ1) is 14.7. The number of likely N-dealkylation sites (tertiary alicyclic amines) is 1. The minimum Gasteiger partial charge on any atom is -0.454 e. The Kier molecular flexibility index (Phi) is 4.82. The van der Waals surface area contributed by atoms with Crippen LogP contribution < -0.4 is 14.8 Å². The zero-order chi connectivity index (χ0) is 20.5. The van der Waals surface area contributed by atoms with Gasteiger partial charge < -0.3 is 29.5 Å². The van der Waals surface area contributed by atoms with Gasteiger partial charge in [-0.2, -0.15) is 0 Å². The Hall–Kier alpha value is -3.42. The lowest BCUT2D eigenvalue weighted by Crippen LogP contribution is -2.42. The molecule has 2 aromatic rings. The number of amides is 4. The summed E-state index contributed by atoms with van der Waals surface area (Å²) in [5.74, 6) is 1.31. The zero-order valence-corrected chi connectivity index (χ0v) is 16.6. The molecule has 3 aliphatic rings. The summed E-state index contributed by atoms with van der Waals surface area (Å²) in [6.45, 7) is 3.41. The first-order valence-electron chi connectivity index (χ1n) is 10.2. The van der Waals surface area contributed by atoms with Crippen LogP contribution in [-0.2, 0) is 6.54 Å². The van der Waals surface area contributed by atoms with Crippen LogP contribution in [0.15, 0.2) is 48.5 Å². The van der Waals surface area contributed by atoms with Gasteiger partial charge in [0, 0.05) is 44.5 Å². The van der Waals surface area contributed by atoms with Crippen molar-refractivity contribution < 1.29 is 19.1 Å². The molecule has 0 saturated carbocycles. The van der Waals surface area contributed by atoms with E-state index in [0.717, 1.165) is 12.0 Å². The molecule has 3 heterocycles. The highest BCUT2D eigenvalue weighted by molar-refractivity contribution is 5.90. The molecule has 8 nitrogen and oxygen atoms in total. The number of hydrogen-bond donors (Lipinski definition) is 1. The second-order valence-electron chi connectivity index (χ2n) is 7.77. The molecule has 2 fully saturated rings. The lowest BCUT2D eigenvalue weighted by atomic mass is 10.2. The maximum Gasteiger partial charge on any atom is 0.321 e. The summed E-state index contributed by atoms with van der Waals surface area (Å²) in [6, 6.07) is 15.3. The highest BCUT2D eigenvalue weighted by Gasteiger charge is 2.38. The fourth-order valence-corrected chi connectivity index (χ4v) is 4.25. The van der Waals surface area contributed by atoms with Gasteiger partial charge in [0.25, 0.3) is 0 Å². The molecule has 0 spiro atoms. The second-order valence-corrected chi connectivity index (χ2v) is 7.77. The SMILES string of the molecule is O=C(Nc1ccc2c(c1)OCO2)N1CC[C@H](N2CCN(Cc3ccccc3)C2=O)C1. The number of carbonyl (C=O) groups is 2. The number of carbonyl (C=O) groups excluding carboxylic acids is 2. The van der Waals surface area contributed by atoms with Gasteiger partial charge in [-0.15, -0.1) is 0 Å². The highest BCUT2D eigenvalue weighted by atomic mass is 16.7. The molecule has 156 valence electrons. The van der Waals surface area contributed by atoms with Crippen LogP contribution in [0.25, 0.3) is 0 Å². The molecular weight excluding hydrogens is 384 g/mol. The van der Waals surface area contributed by atoms with Gasteiger partial charge in [0.05, 0.1) is 6.04 Å². The predicted molar refractivity (Wildman–Crippen MR) is 111 cm³/mol. The van der Waals surface area contributed by atoms with Crippen molar-refractivity contribution in [1.82, 2.24) is 14.7 Å². The van der Waals surface area contributed by atoms with E-state index in [-0.39, 0.29) is 24.9 Å². The molecule has 0 unspecified atom stereocenters. The number of hydrogen-bond acceptors (Lipinski definition) is 4. The van der Waals surface area contributed by atoms with Gasteiger partial charge in [-0.1, -0.05) is 30.3 Å². The Morgan fingerprint density at radius 3 is 2.73 bits per heavy atom. The van der Waals surface area contributed by atoms with Crippen molar-refractivity contribution in [2.75, 3.05) is 38.3 Å². The predicted octanol–water partition coefficient (Wildman–Crippen LogP) is 2.96. The fourth-order valence-electron chi connectivity index (χ4n) is 4.25. The third-order valence-corrected chi connectivity index (χ3v) is 5.86. The number of ether oxygens (including phenoxy) is 2. The molecule has 2 aromatic carbocycles. The molecule has 1 atom stereocenters. The van der Waals surface area contributed by atoms with Gasteiger partial charge in [0.15, 0.2) is 11.5 Å². The van der Waals surface area contributed by atoms with Crippen molar-refractivity contribution in [2.24, 2.45) is 0 Å². The van der Waals surface area contributed by atoms with E-state index in [0.29, 0.717) is 49.9 Å². The number of nitrogens with one attached hydrogen (secondary N) is 1. The van der Waals surface area contributed by atoms with Gasteiger partial charge >= 0.3 is 12.1 Å². The highest BCUT2D eigenvalue weighted by Crippen LogP contribution is 2.34. The van der Waals surface area contributed by atoms with Crippen molar-refractivity contribution in [1.29, 1.82) is 0 Å². The Labute approximate surface area is 174 Å². The minimum atomic E-state index is -0.163. The van der Waals surface area contributed by atoms with E-state index in [2.05, 4.69) is 5.32 Å². The topological polar surface area (TPSA) is 74.4 Å². The number of fused-ring (bicyclic) bond motifs is 1. The van der Waals surface area contributed by atoms with Gasteiger partial charge in [0.1, 0.15) is 0 Å². The lowest BCUT2D eigenvalue weighted by molar-refractivity contribution is 0.173. The molecule has 5 rings (SSSR count).